The highest BCUT2D eigenvalue weighted by molar-refractivity contribution is 14.1. The number of benzene rings is 3. The van der Waals surface area contributed by atoms with Crippen LogP contribution in [-0.4, -0.2) is 15.2 Å². The van der Waals surface area contributed by atoms with E-state index in [9.17, 15) is 15.0 Å². The maximum absolute atomic E-state index is 12.6. The highest BCUT2D eigenvalue weighted by Gasteiger charge is 2.14. The monoisotopic (exact) mass is 469 g/mol. The van der Waals surface area contributed by atoms with Crippen LogP contribution in [0.4, 0.5) is 0 Å². The lowest BCUT2D eigenvalue weighted by Crippen LogP contribution is -2.09. The highest BCUT2D eigenvalue weighted by atomic mass is 127. The number of hydrogen-bond acceptors (Lipinski definition) is 3. The SMILES string of the molecule is O=c1[nH]c2cc(I)ccc2c(O)c1-c1cccc(Cc2ccc(O)cc2)c1. The van der Waals surface area contributed by atoms with Crippen molar-refractivity contribution < 1.29 is 10.2 Å². The normalized spacial score (nSPS) is 11.0. The molecule has 0 unspecified atom stereocenters. The first-order valence-corrected chi connectivity index (χ1v) is 9.51. The smallest absolute Gasteiger partial charge is 0.260 e. The molecule has 0 aliphatic rings. The highest BCUT2D eigenvalue weighted by Crippen LogP contribution is 2.33. The number of aromatic hydroxyl groups is 2. The van der Waals surface area contributed by atoms with E-state index in [-0.39, 0.29) is 22.6 Å². The van der Waals surface area contributed by atoms with E-state index in [1.807, 2.05) is 54.6 Å². The molecular formula is C22H16INO3. The number of nitrogens with one attached hydrogen (secondary N) is 1. The molecule has 1 heterocycles. The quantitative estimate of drug-likeness (QED) is 0.378. The van der Waals surface area contributed by atoms with E-state index in [1.165, 1.54) is 0 Å². The zero-order chi connectivity index (χ0) is 19.0. The molecule has 0 saturated heterocycles. The van der Waals surface area contributed by atoms with Gasteiger partial charge in [-0.2, -0.15) is 0 Å². The van der Waals surface area contributed by atoms with Gasteiger partial charge in [0.15, 0.2) is 0 Å². The van der Waals surface area contributed by atoms with Gasteiger partial charge in [-0.1, -0.05) is 36.4 Å². The largest absolute Gasteiger partial charge is 0.508 e. The Labute approximate surface area is 169 Å². The number of pyridine rings is 1. The molecule has 4 aromatic rings. The van der Waals surface area contributed by atoms with Crippen LogP contribution in [0.5, 0.6) is 11.5 Å². The average molecular weight is 469 g/mol. The van der Waals surface area contributed by atoms with E-state index in [1.54, 1.807) is 12.1 Å². The van der Waals surface area contributed by atoms with Crippen molar-refractivity contribution >= 4 is 33.5 Å². The molecule has 134 valence electrons. The summed E-state index contributed by atoms with van der Waals surface area (Å²) in [5.74, 6) is 0.224. The molecule has 4 nitrogen and oxygen atoms in total. The maximum atomic E-state index is 12.6. The lowest BCUT2D eigenvalue weighted by atomic mass is 9.98. The van der Waals surface area contributed by atoms with Crippen LogP contribution in [0.3, 0.4) is 0 Å². The second-order valence-electron chi connectivity index (χ2n) is 6.41. The number of H-pyrrole nitrogens is 1. The van der Waals surface area contributed by atoms with Gasteiger partial charge in [-0.15, -0.1) is 0 Å². The van der Waals surface area contributed by atoms with Gasteiger partial charge in [0.2, 0.25) is 0 Å². The Bertz CT molecular complexity index is 1200. The third kappa shape index (κ3) is 3.55. The fourth-order valence-electron chi connectivity index (χ4n) is 3.21. The van der Waals surface area contributed by atoms with Crippen LogP contribution >= 0.6 is 22.6 Å². The van der Waals surface area contributed by atoms with Gasteiger partial charge < -0.3 is 15.2 Å². The predicted molar refractivity (Wildman–Crippen MR) is 115 cm³/mol. The van der Waals surface area contributed by atoms with Crippen molar-refractivity contribution in [1.82, 2.24) is 4.98 Å². The molecule has 0 atom stereocenters. The number of aromatic amines is 1. The summed E-state index contributed by atoms with van der Waals surface area (Å²) >= 11 is 2.17. The molecule has 4 rings (SSSR count). The standard InChI is InChI=1S/C22H16INO3/c23-16-6-9-18-19(12-16)24-22(27)20(21(18)26)15-3-1-2-14(11-15)10-13-4-7-17(25)8-5-13/h1-9,11-12,25H,10H2,(H2,24,26,27). The Hall–Kier alpha value is -2.80. The summed E-state index contributed by atoms with van der Waals surface area (Å²) in [6.07, 6.45) is 0.665. The first kappa shape index (κ1) is 17.6. The molecule has 0 saturated carbocycles. The van der Waals surface area contributed by atoms with Crippen molar-refractivity contribution in [3.05, 3.63) is 91.8 Å². The second-order valence-corrected chi connectivity index (χ2v) is 7.66. The van der Waals surface area contributed by atoms with Gasteiger partial charge in [0.05, 0.1) is 11.1 Å². The van der Waals surface area contributed by atoms with Crippen LogP contribution in [0.25, 0.3) is 22.0 Å². The first-order chi connectivity index (χ1) is 13.0. The molecule has 0 bridgehead atoms. The Morgan fingerprint density at radius 1 is 0.889 bits per heavy atom. The van der Waals surface area contributed by atoms with Gasteiger partial charge in [-0.05, 0) is 76.0 Å². The van der Waals surface area contributed by atoms with Crippen molar-refractivity contribution in [2.24, 2.45) is 0 Å². The maximum Gasteiger partial charge on any atom is 0.260 e. The average Bonchev–Trinajstić information content (AvgIpc) is 2.64. The summed E-state index contributed by atoms with van der Waals surface area (Å²) < 4.78 is 0.985. The van der Waals surface area contributed by atoms with Gasteiger partial charge in [-0.3, -0.25) is 4.79 Å². The van der Waals surface area contributed by atoms with Gasteiger partial charge >= 0.3 is 0 Å². The molecule has 27 heavy (non-hydrogen) atoms. The van der Waals surface area contributed by atoms with E-state index >= 15 is 0 Å². The summed E-state index contributed by atoms with van der Waals surface area (Å²) in [7, 11) is 0. The third-order valence-corrected chi connectivity index (χ3v) is 5.18. The van der Waals surface area contributed by atoms with Crippen LogP contribution in [0.1, 0.15) is 11.1 Å². The third-order valence-electron chi connectivity index (χ3n) is 4.51. The molecule has 3 N–H and O–H groups in total. The lowest BCUT2D eigenvalue weighted by molar-refractivity contribution is 0.475. The molecule has 0 radical (unpaired) electrons. The summed E-state index contributed by atoms with van der Waals surface area (Å²) in [6, 6.07) is 20.2. The zero-order valence-electron chi connectivity index (χ0n) is 14.2. The Kier molecular flexibility index (Phi) is 4.61. The molecule has 5 heteroatoms. The molecular weight excluding hydrogens is 453 g/mol. The number of fused-ring (bicyclic) bond motifs is 1. The van der Waals surface area contributed by atoms with Crippen molar-refractivity contribution in [2.75, 3.05) is 0 Å². The van der Waals surface area contributed by atoms with E-state index < -0.39 is 0 Å². The molecule has 0 fully saturated rings. The minimum atomic E-state index is -0.316. The van der Waals surface area contributed by atoms with Gasteiger partial charge in [0.1, 0.15) is 11.5 Å². The molecule has 3 aromatic carbocycles. The lowest BCUT2D eigenvalue weighted by Gasteiger charge is -2.10. The fourth-order valence-corrected chi connectivity index (χ4v) is 3.70. The van der Waals surface area contributed by atoms with E-state index in [2.05, 4.69) is 27.6 Å². The zero-order valence-corrected chi connectivity index (χ0v) is 16.4. The van der Waals surface area contributed by atoms with E-state index in [0.29, 0.717) is 22.9 Å². The number of rotatable bonds is 3. The minimum absolute atomic E-state index is 0.00747. The van der Waals surface area contributed by atoms with Crippen molar-refractivity contribution in [2.45, 2.75) is 6.42 Å². The van der Waals surface area contributed by atoms with E-state index in [0.717, 1.165) is 14.7 Å². The van der Waals surface area contributed by atoms with Gasteiger partial charge in [-0.25, -0.2) is 0 Å². The number of phenols is 1. The van der Waals surface area contributed by atoms with Crippen LogP contribution in [0.15, 0.2) is 71.5 Å². The predicted octanol–water partition coefficient (Wildman–Crippen LogP) is 4.80. The Morgan fingerprint density at radius 2 is 1.67 bits per heavy atom. The molecule has 1 aromatic heterocycles. The van der Waals surface area contributed by atoms with Gasteiger partial charge in [0.25, 0.3) is 5.56 Å². The summed E-state index contributed by atoms with van der Waals surface area (Å²) in [5.41, 5.74) is 3.31. The summed E-state index contributed by atoms with van der Waals surface area (Å²) in [6.45, 7) is 0. The number of halogens is 1. The molecule has 0 spiro atoms. The van der Waals surface area contributed by atoms with Crippen molar-refractivity contribution in [1.29, 1.82) is 0 Å². The Balaban J connectivity index is 1.78. The number of aromatic nitrogens is 1. The summed E-state index contributed by atoms with van der Waals surface area (Å²) in [5, 5.41) is 20.8. The van der Waals surface area contributed by atoms with Crippen LogP contribution in [0, 0.1) is 3.57 Å². The summed E-state index contributed by atoms with van der Waals surface area (Å²) in [4.78, 5) is 15.5. The minimum Gasteiger partial charge on any atom is -0.508 e. The van der Waals surface area contributed by atoms with Crippen LogP contribution in [-0.2, 0) is 6.42 Å². The topological polar surface area (TPSA) is 73.3 Å². The number of phenolic OH excluding ortho intramolecular Hbond substituents is 1. The Morgan fingerprint density at radius 3 is 2.44 bits per heavy atom. The van der Waals surface area contributed by atoms with Crippen LogP contribution in [0.2, 0.25) is 0 Å². The van der Waals surface area contributed by atoms with E-state index in [4.69, 9.17) is 0 Å². The van der Waals surface area contributed by atoms with Crippen LogP contribution < -0.4 is 5.56 Å². The second kappa shape index (κ2) is 7.08. The van der Waals surface area contributed by atoms with Crippen molar-refractivity contribution in [3.63, 3.8) is 0 Å². The molecule has 0 aliphatic carbocycles. The fraction of sp³-hybridized carbons (Fsp3) is 0.0455. The van der Waals surface area contributed by atoms with Crippen molar-refractivity contribution in [3.8, 4) is 22.6 Å². The van der Waals surface area contributed by atoms with Gasteiger partial charge in [0, 0.05) is 8.96 Å². The first-order valence-electron chi connectivity index (χ1n) is 8.43. The molecule has 0 amide bonds. The molecule has 0 aliphatic heterocycles. The number of hydrogen-bond donors (Lipinski definition) is 3.